The number of carbonyl (C=O) groups excluding carboxylic acids is 2. The lowest BCUT2D eigenvalue weighted by atomic mass is 10.0. The molecule has 452 valence electrons. The molecule has 0 saturated carbocycles. The van der Waals surface area contributed by atoms with E-state index in [-0.39, 0.29) is 18.5 Å². The average molecular weight is 1070 g/mol. The maximum atomic E-state index is 12.5. The van der Waals surface area contributed by atoms with Crippen molar-refractivity contribution in [3.05, 3.63) is 12.2 Å². The van der Waals surface area contributed by atoms with E-state index < -0.39 is 12.1 Å². The van der Waals surface area contributed by atoms with Gasteiger partial charge in [-0.1, -0.05) is 347 Å². The molecule has 0 aliphatic heterocycles. The minimum atomic E-state index is -0.661. The molecule has 0 radical (unpaired) electrons. The molecule has 0 rings (SSSR count). The number of esters is 1. The van der Waals surface area contributed by atoms with Crippen LogP contribution >= 0.6 is 0 Å². The second-order valence-corrected chi connectivity index (χ2v) is 24.2. The molecular weight excluding hydrogens is 935 g/mol. The standard InChI is InChI=1S/C70H137NO5/c1-3-5-7-9-11-13-15-17-34-38-42-46-50-54-58-62-68(73)67(66-72)71-69(74)63-59-55-51-47-43-39-36-32-30-28-26-24-22-20-19-21-23-25-27-29-31-33-37-41-45-49-53-57-61-65-76-70(75)64-60-56-52-48-44-40-35-18-16-14-12-10-8-6-4-2/h18,35,67-68,72-73H,3-17,19-34,36-66H2,1-2H3,(H,71,74)/b35-18-. The first kappa shape index (κ1) is 74.6. The van der Waals surface area contributed by atoms with Crippen LogP contribution in [0.3, 0.4) is 0 Å². The van der Waals surface area contributed by atoms with Gasteiger partial charge in [-0.15, -0.1) is 0 Å². The molecule has 76 heavy (non-hydrogen) atoms. The molecule has 0 aliphatic carbocycles. The zero-order chi connectivity index (χ0) is 55.0. The lowest BCUT2D eigenvalue weighted by molar-refractivity contribution is -0.143. The summed E-state index contributed by atoms with van der Waals surface area (Å²) in [6, 6.07) is -0.538. The van der Waals surface area contributed by atoms with Gasteiger partial charge in [0.15, 0.2) is 0 Å². The molecule has 0 fully saturated rings. The fraction of sp³-hybridized carbons (Fsp3) is 0.943. The third-order valence-corrected chi connectivity index (χ3v) is 16.6. The van der Waals surface area contributed by atoms with Crippen molar-refractivity contribution >= 4 is 11.9 Å². The smallest absolute Gasteiger partial charge is 0.305 e. The predicted molar refractivity (Wildman–Crippen MR) is 333 cm³/mol. The number of hydrogen-bond acceptors (Lipinski definition) is 5. The van der Waals surface area contributed by atoms with Gasteiger partial charge in [0, 0.05) is 12.8 Å². The predicted octanol–water partition coefficient (Wildman–Crippen LogP) is 22.4. The van der Waals surface area contributed by atoms with Gasteiger partial charge in [0.2, 0.25) is 5.91 Å². The Kier molecular flexibility index (Phi) is 64.9. The third-order valence-electron chi connectivity index (χ3n) is 16.6. The van der Waals surface area contributed by atoms with Crippen molar-refractivity contribution in [3.8, 4) is 0 Å². The van der Waals surface area contributed by atoms with E-state index in [1.165, 1.54) is 321 Å². The zero-order valence-electron chi connectivity index (χ0n) is 51.8. The molecule has 6 nitrogen and oxygen atoms in total. The minimum Gasteiger partial charge on any atom is -0.466 e. The van der Waals surface area contributed by atoms with E-state index in [9.17, 15) is 19.8 Å². The van der Waals surface area contributed by atoms with Gasteiger partial charge >= 0.3 is 5.97 Å². The van der Waals surface area contributed by atoms with E-state index in [2.05, 4.69) is 31.3 Å². The number of aliphatic hydroxyl groups excluding tert-OH is 2. The molecule has 1 amide bonds. The average Bonchev–Trinajstić information content (AvgIpc) is 3.42. The fourth-order valence-corrected chi connectivity index (χ4v) is 11.2. The number of hydrogen-bond donors (Lipinski definition) is 3. The van der Waals surface area contributed by atoms with Gasteiger partial charge in [0.1, 0.15) is 0 Å². The van der Waals surface area contributed by atoms with Crippen LogP contribution in [-0.4, -0.2) is 47.4 Å². The van der Waals surface area contributed by atoms with Crippen LogP contribution in [0, 0.1) is 0 Å². The Labute approximate surface area is 476 Å². The van der Waals surface area contributed by atoms with E-state index in [1.807, 2.05) is 0 Å². The van der Waals surface area contributed by atoms with Gasteiger partial charge in [0.25, 0.3) is 0 Å². The van der Waals surface area contributed by atoms with E-state index in [4.69, 9.17) is 4.74 Å². The minimum absolute atomic E-state index is 0.0124. The van der Waals surface area contributed by atoms with Gasteiger partial charge in [-0.3, -0.25) is 9.59 Å². The molecule has 2 atom stereocenters. The molecular formula is C70H137NO5. The molecule has 0 heterocycles. The number of ether oxygens (including phenoxy) is 1. The van der Waals surface area contributed by atoms with Crippen LogP contribution in [0.25, 0.3) is 0 Å². The van der Waals surface area contributed by atoms with Crippen molar-refractivity contribution < 1.29 is 24.5 Å². The number of amides is 1. The Morgan fingerprint density at radius 3 is 0.934 bits per heavy atom. The lowest BCUT2D eigenvalue weighted by Crippen LogP contribution is -2.45. The van der Waals surface area contributed by atoms with Crippen LogP contribution in [0.5, 0.6) is 0 Å². The Morgan fingerprint density at radius 2 is 0.618 bits per heavy atom. The van der Waals surface area contributed by atoms with Crippen molar-refractivity contribution in [1.29, 1.82) is 0 Å². The van der Waals surface area contributed by atoms with Crippen LogP contribution in [0.15, 0.2) is 12.2 Å². The highest BCUT2D eigenvalue weighted by Gasteiger charge is 2.20. The fourth-order valence-electron chi connectivity index (χ4n) is 11.2. The molecule has 0 aromatic heterocycles. The molecule has 0 aromatic rings. The van der Waals surface area contributed by atoms with Crippen molar-refractivity contribution in [2.75, 3.05) is 13.2 Å². The van der Waals surface area contributed by atoms with Crippen LogP contribution in [-0.2, 0) is 14.3 Å². The summed E-state index contributed by atoms with van der Waals surface area (Å²) in [5.41, 5.74) is 0. The number of carbonyl (C=O) groups is 2. The summed E-state index contributed by atoms with van der Waals surface area (Å²) in [6.45, 7) is 4.98. The largest absolute Gasteiger partial charge is 0.466 e. The van der Waals surface area contributed by atoms with Gasteiger partial charge < -0.3 is 20.3 Å². The molecule has 6 heteroatoms. The summed E-state index contributed by atoms with van der Waals surface area (Å²) in [5, 5.41) is 23.3. The molecule has 0 aliphatic rings. The highest BCUT2D eigenvalue weighted by atomic mass is 16.5. The molecule has 3 N–H and O–H groups in total. The van der Waals surface area contributed by atoms with Crippen molar-refractivity contribution in [3.63, 3.8) is 0 Å². The first-order chi connectivity index (χ1) is 37.5. The first-order valence-corrected chi connectivity index (χ1v) is 34.9. The summed E-state index contributed by atoms with van der Waals surface area (Å²) in [6.07, 6.45) is 81.2. The summed E-state index contributed by atoms with van der Waals surface area (Å²) >= 11 is 0. The number of unbranched alkanes of at least 4 members (excludes halogenated alkanes) is 53. The monoisotopic (exact) mass is 1070 g/mol. The maximum absolute atomic E-state index is 12.5. The molecule has 0 aromatic carbocycles. The molecule has 2 unspecified atom stereocenters. The number of nitrogens with one attached hydrogen (secondary N) is 1. The number of allylic oxidation sites excluding steroid dienone is 2. The van der Waals surface area contributed by atoms with Gasteiger partial charge in [0.05, 0.1) is 25.4 Å². The second-order valence-electron chi connectivity index (χ2n) is 24.2. The highest BCUT2D eigenvalue weighted by Crippen LogP contribution is 2.19. The van der Waals surface area contributed by atoms with Crippen LogP contribution < -0.4 is 5.32 Å². The van der Waals surface area contributed by atoms with Crippen LogP contribution in [0.2, 0.25) is 0 Å². The number of aliphatic hydroxyl groups is 2. The highest BCUT2D eigenvalue weighted by molar-refractivity contribution is 5.76. The van der Waals surface area contributed by atoms with Crippen molar-refractivity contribution in [2.24, 2.45) is 0 Å². The van der Waals surface area contributed by atoms with Crippen LogP contribution in [0.4, 0.5) is 0 Å². The summed E-state index contributed by atoms with van der Waals surface area (Å²) in [4.78, 5) is 24.6. The Bertz CT molecular complexity index is 1140. The molecule has 0 bridgehead atoms. The molecule has 0 spiro atoms. The first-order valence-electron chi connectivity index (χ1n) is 34.9. The Hall–Kier alpha value is -1.40. The van der Waals surface area contributed by atoms with Crippen LogP contribution in [0.1, 0.15) is 399 Å². The van der Waals surface area contributed by atoms with E-state index in [0.717, 1.165) is 44.9 Å². The van der Waals surface area contributed by atoms with Gasteiger partial charge in [-0.25, -0.2) is 0 Å². The Balaban J connectivity index is 3.32. The van der Waals surface area contributed by atoms with Gasteiger partial charge in [-0.2, -0.15) is 0 Å². The summed E-state index contributed by atoms with van der Waals surface area (Å²) in [7, 11) is 0. The zero-order valence-corrected chi connectivity index (χ0v) is 51.8. The lowest BCUT2D eigenvalue weighted by Gasteiger charge is -2.22. The maximum Gasteiger partial charge on any atom is 0.305 e. The van der Waals surface area contributed by atoms with E-state index >= 15 is 0 Å². The summed E-state index contributed by atoms with van der Waals surface area (Å²) in [5.74, 6) is -0.0158. The Morgan fingerprint density at radius 1 is 0.355 bits per heavy atom. The van der Waals surface area contributed by atoms with E-state index in [0.29, 0.717) is 25.9 Å². The van der Waals surface area contributed by atoms with Gasteiger partial charge in [-0.05, 0) is 51.4 Å². The second kappa shape index (κ2) is 66.1. The van der Waals surface area contributed by atoms with Crippen molar-refractivity contribution in [1.82, 2.24) is 5.32 Å². The molecule has 0 saturated heterocycles. The summed E-state index contributed by atoms with van der Waals surface area (Å²) < 4.78 is 5.49. The quantitative estimate of drug-likeness (QED) is 0.0320. The normalized spacial score (nSPS) is 12.5. The van der Waals surface area contributed by atoms with Crippen molar-refractivity contribution in [2.45, 2.75) is 411 Å². The topological polar surface area (TPSA) is 95.9 Å². The SMILES string of the molecule is CCCCCCCC/C=C\CCCCCCCC(=O)OCCCCCCCCCCCCCCCCCCCCCCCCCCCCCCCC(=O)NC(CO)C(O)CCCCCCCCCCCCCCCCC. The number of rotatable bonds is 66. The third kappa shape index (κ3) is 61.8. The van der Waals surface area contributed by atoms with E-state index in [1.54, 1.807) is 0 Å².